The van der Waals surface area contributed by atoms with Gasteiger partial charge in [0.25, 0.3) is 0 Å². The summed E-state index contributed by atoms with van der Waals surface area (Å²) >= 11 is 0. The number of rotatable bonds is 3. The van der Waals surface area contributed by atoms with Crippen LogP contribution in [0.1, 0.15) is 73.2 Å². The summed E-state index contributed by atoms with van der Waals surface area (Å²) in [5, 5.41) is 25.6. The van der Waals surface area contributed by atoms with Crippen molar-refractivity contribution in [3.63, 3.8) is 0 Å². The van der Waals surface area contributed by atoms with E-state index in [0.29, 0.717) is 11.1 Å². The van der Waals surface area contributed by atoms with Crippen LogP contribution < -0.4 is 0 Å². The molecule has 1 aliphatic heterocycles. The van der Waals surface area contributed by atoms with Crippen LogP contribution >= 0.6 is 0 Å². The molecule has 6 rings (SSSR count). The second-order valence-electron chi connectivity index (χ2n) is 13.9. The number of fused-ring (bicyclic) bond motifs is 4. The van der Waals surface area contributed by atoms with Gasteiger partial charge in [-0.05, 0) is 74.1 Å². The Labute approximate surface area is 242 Å². The highest BCUT2D eigenvalue weighted by Crippen LogP contribution is 2.62. The Balaban J connectivity index is 1.52. The van der Waals surface area contributed by atoms with Crippen LogP contribution in [-0.4, -0.2) is 51.2 Å². The molecule has 2 heterocycles. The number of ketones is 1. The molecular formula is C34H43NO6. The monoisotopic (exact) mass is 561 g/mol. The van der Waals surface area contributed by atoms with Crippen molar-refractivity contribution in [2.45, 2.75) is 91.2 Å². The Morgan fingerprint density at radius 1 is 1.12 bits per heavy atom. The average Bonchev–Trinajstić information content (AvgIpc) is 3.12. The maximum atomic E-state index is 15.0. The van der Waals surface area contributed by atoms with Gasteiger partial charge in [0.05, 0.1) is 17.5 Å². The van der Waals surface area contributed by atoms with Crippen LogP contribution in [0.3, 0.4) is 0 Å². The molecule has 2 fully saturated rings. The average molecular weight is 562 g/mol. The molecular weight excluding hydrogens is 518 g/mol. The number of benzene rings is 1. The number of Topliss-reactive ketones (excluding diaryl/α,β-unsaturated/α-hetero) is 1. The molecule has 8 atom stereocenters. The number of hydrogen-bond acceptors (Lipinski definition) is 7. The number of aliphatic hydroxyl groups excluding tert-OH is 1. The van der Waals surface area contributed by atoms with Gasteiger partial charge in [-0.25, -0.2) is 0 Å². The lowest BCUT2D eigenvalue weighted by molar-refractivity contribution is -0.313. The van der Waals surface area contributed by atoms with Crippen LogP contribution in [0.5, 0.6) is 0 Å². The van der Waals surface area contributed by atoms with Crippen molar-refractivity contribution in [2.75, 3.05) is 6.61 Å². The van der Waals surface area contributed by atoms with E-state index in [-0.39, 0.29) is 29.6 Å². The number of aromatic nitrogens is 1. The zero-order chi connectivity index (χ0) is 29.5. The predicted octanol–water partition coefficient (Wildman–Crippen LogP) is 5.66. The van der Waals surface area contributed by atoms with Crippen molar-refractivity contribution < 1.29 is 29.2 Å². The Kier molecular flexibility index (Phi) is 6.68. The molecule has 1 unspecified atom stereocenters. The summed E-state index contributed by atoms with van der Waals surface area (Å²) in [5.41, 5.74) is -0.398. The molecule has 7 nitrogen and oxygen atoms in total. The molecule has 0 radical (unpaired) electrons. The second kappa shape index (κ2) is 9.55. The van der Waals surface area contributed by atoms with Gasteiger partial charge < -0.3 is 24.4 Å². The Hall–Kier alpha value is -2.42. The number of nitrogens with zero attached hydrogens (tertiary/aromatic N) is 1. The van der Waals surface area contributed by atoms with Crippen molar-refractivity contribution in [3.8, 4) is 0 Å². The quantitative estimate of drug-likeness (QED) is 0.369. The van der Waals surface area contributed by atoms with E-state index < -0.39 is 41.2 Å². The maximum absolute atomic E-state index is 15.0. The summed E-state index contributed by atoms with van der Waals surface area (Å²) in [6, 6.07) is 9.29. The van der Waals surface area contributed by atoms with Gasteiger partial charge in [0.1, 0.15) is 17.8 Å². The maximum Gasteiger partial charge on any atom is 0.182 e. The number of ether oxygens (including phenoxy) is 3. The first-order chi connectivity index (χ1) is 19.2. The second-order valence-corrected chi connectivity index (χ2v) is 13.9. The third kappa shape index (κ3) is 4.11. The largest absolute Gasteiger partial charge is 0.382 e. The van der Waals surface area contributed by atoms with Crippen molar-refractivity contribution in [3.05, 3.63) is 65.4 Å². The molecule has 1 saturated carbocycles. The van der Waals surface area contributed by atoms with E-state index in [9.17, 15) is 15.0 Å². The van der Waals surface area contributed by atoms with Crippen LogP contribution in [0.15, 0.2) is 59.8 Å². The SMILES string of the molecule is CC1=C[C@]23C(=O)[C@@H](C=C4COC(C)(C)O[C@H]4[C@]2(O)[C@H]1OC(O)c1ccnc2ccccc12)[C@@H](C)C(C)(C)CC[C@H]3C. The normalized spacial score (nSPS) is 38.6. The lowest BCUT2D eigenvalue weighted by Gasteiger charge is -2.54. The van der Waals surface area contributed by atoms with E-state index in [1.807, 2.05) is 57.2 Å². The van der Waals surface area contributed by atoms with E-state index in [1.165, 1.54) is 0 Å². The number of carbonyl (C=O) groups excluding carboxylic acids is 1. The summed E-state index contributed by atoms with van der Waals surface area (Å²) < 4.78 is 19.2. The molecule has 4 aliphatic rings. The number of carbonyl (C=O) groups is 1. The van der Waals surface area contributed by atoms with Gasteiger partial charge in [0, 0.05) is 23.1 Å². The van der Waals surface area contributed by atoms with E-state index in [2.05, 4.69) is 32.7 Å². The third-order valence-electron chi connectivity index (χ3n) is 10.7. The molecule has 1 aromatic carbocycles. The molecule has 2 aromatic rings. The van der Waals surface area contributed by atoms with Crippen LogP contribution in [0.4, 0.5) is 0 Å². The molecule has 41 heavy (non-hydrogen) atoms. The smallest absolute Gasteiger partial charge is 0.182 e. The highest BCUT2D eigenvalue weighted by Gasteiger charge is 2.72. The number of hydrogen-bond donors (Lipinski definition) is 2. The van der Waals surface area contributed by atoms with E-state index in [4.69, 9.17) is 14.2 Å². The van der Waals surface area contributed by atoms with Gasteiger partial charge in [0.2, 0.25) is 0 Å². The van der Waals surface area contributed by atoms with Crippen LogP contribution in [-0.2, 0) is 19.0 Å². The molecule has 3 aliphatic carbocycles. The summed E-state index contributed by atoms with van der Waals surface area (Å²) in [6.07, 6.45) is 4.04. The first-order valence-corrected chi connectivity index (χ1v) is 14.9. The Bertz CT molecular complexity index is 1440. The van der Waals surface area contributed by atoms with Crippen LogP contribution in [0.2, 0.25) is 0 Å². The number of pyridine rings is 1. The lowest BCUT2D eigenvalue weighted by Crippen LogP contribution is -2.68. The minimum atomic E-state index is -1.81. The molecule has 0 amide bonds. The van der Waals surface area contributed by atoms with Crippen molar-refractivity contribution in [2.24, 2.45) is 28.6 Å². The first kappa shape index (κ1) is 28.7. The zero-order valence-corrected chi connectivity index (χ0v) is 25.2. The molecule has 220 valence electrons. The van der Waals surface area contributed by atoms with Gasteiger partial charge in [-0.1, -0.05) is 58.0 Å². The summed E-state index contributed by atoms with van der Waals surface area (Å²) in [7, 11) is 0. The first-order valence-electron chi connectivity index (χ1n) is 14.9. The predicted molar refractivity (Wildman–Crippen MR) is 156 cm³/mol. The Morgan fingerprint density at radius 2 is 1.85 bits per heavy atom. The minimum absolute atomic E-state index is 0.00891. The summed E-state index contributed by atoms with van der Waals surface area (Å²) in [5.74, 6) is -1.58. The number of para-hydroxylation sites is 1. The van der Waals surface area contributed by atoms with Crippen LogP contribution in [0.25, 0.3) is 10.9 Å². The van der Waals surface area contributed by atoms with Gasteiger partial charge in [-0.2, -0.15) is 0 Å². The fourth-order valence-corrected chi connectivity index (χ4v) is 7.98. The zero-order valence-electron chi connectivity index (χ0n) is 25.2. The van der Waals surface area contributed by atoms with Crippen molar-refractivity contribution in [1.29, 1.82) is 0 Å². The lowest BCUT2D eigenvalue weighted by atomic mass is 9.54. The number of allylic oxidation sites excluding steroid dienone is 1. The van der Waals surface area contributed by atoms with E-state index in [1.54, 1.807) is 12.3 Å². The fraction of sp³-hybridized carbons (Fsp3) is 0.588. The summed E-state index contributed by atoms with van der Waals surface area (Å²) in [6.45, 7) is 14.5. The van der Waals surface area contributed by atoms with Gasteiger partial charge in [-0.3, -0.25) is 9.78 Å². The van der Waals surface area contributed by atoms with Gasteiger partial charge in [-0.15, -0.1) is 0 Å². The molecule has 2 bridgehead atoms. The third-order valence-corrected chi connectivity index (χ3v) is 10.7. The van der Waals surface area contributed by atoms with Crippen molar-refractivity contribution >= 4 is 16.7 Å². The molecule has 2 N–H and O–H groups in total. The molecule has 7 heteroatoms. The van der Waals surface area contributed by atoms with E-state index >= 15 is 0 Å². The highest BCUT2D eigenvalue weighted by molar-refractivity contribution is 5.94. The molecule has 1 aromatic heterocycles. The van der Waals surface area contributed by atoms with Crippen LogP contribution in [0, 0.1) is 28.6 Å². The highest BCUT2D eigenvalue weighted by atomic mass is 16.7. The van der Waals surface area contributed by atoms with Gasteiger partial charge in [0.15, 0.2) is 17.9 Å². The van der Waals surface area contributed by atoms with Crippen molar-refractivity contribution in [1.82, 2.24) is 4.98 Å². The Morgan fingerprint density at radius 3 is 2.61 bits per heavy atom. The molecule has 1 saturated heterocycles. The number of aliphatic hydroxyl groups is 2. The molecule has 1 spiro atoms. The van der Waals surface area contributed by atoms with E-state index in [0.717, 1.165) is 29.3 Å². The van der Waals surface area contributed by atoms with Gasteiger partial charge >= 0.3 is 0 Å². The summed E-state index contributed by atoms with van der Waals surface area (Å²) in [4.78, 5) is 19.4. The topological polar surface area (TPSA) is 98.1 Å². The fourth-order valence-electron chi connectivity index (χ4n) is 7.98. The standard InChI is InChI=1S/C34H43NO6/c1-19-17-33-20(2)12-14-31(4,5)21(3)25(27(33)36)16-22-18-39-32(6,7)41-29(22)34(33,38)28(19)40-30(37)24-13-15-35-26-11-9-8-10-23(24)26/h8-11,13,15-17,20-21,25,28-30,37-38H,12,14,18H2,1-7H3/t20-,21-,25+,28+,29-,30?,33+,34-/m1/s1. The minimum Gasteiger partial charge on any atom is -0.382 e.